The highest BCUT2D eigenvalue weighted by atomic mass is 35.5. The predicted molar refractivity (Wildman–Crippen MR) is 112 cm³/mol. The second-order valence-corrected chi connectivity index (χ2v) is 9.22. The van der Waals surface area contributed by atoms with Crippen LogP contribution in [0.3, 0.4) is 0 Å². The molecule has 1 aliphatic heterocycles. The van der Waals surface area contributed by atoms with E-state index in [4.69, 9.17) is 16.3 Å². The van der Waals surface area contributed by atoms with Gasteiger partial charge in [0.25, 0.3) is 0 Å². The summed E-state index contributed by atoms with van der Waals surface area (Å²) in [6.07, 6.45) is 1.90. The predicted octanol–water partition coefficient (Wildman–Crippen LogP) is 3.55. The molecule has 2 aromatic rings. The summed E-state index contributed by atoms with van der Waals surface area (Å²) in [6.45, 7) is 3.50. The van der Waals surface area contributed by atoms with Crippen molar-refractivity contribution in [1.82, 2.24) is 9.21 Å². The van der Waals surface area contributed by atoms with Gasteiger partial charge in [-0.3, -0.25) is 4.79 Å². The molecule has 0 aromatic heterocycles. The van der Waals surface area contributed by atoms with Crippen LogP contribution in [0.25, 0.3) is 0 Å². The first-order valence-electron chi connectivity index (χ1n) is 9.66. The highest BCUT2D eigenvalue weighted by Gasteiger charge is 2.30. The van der Waals surface area contributed by atoms with Gasteiger partial charge in [-0.25, -0.2) is 8.42 Å². The van der Waals surface area contributed by atoms with Gasteiger partial charge in [0.1, 0.15) is 5.75 Å². The third-order valence-electron chi connectivity index (χ3n) is 4.81. The molecule has 1 heterocycles. The molecule has 1 aliphatic rings. The number of benzene rings is 2. The number of amides is 1. The molecule has 1 amide bonds. The van der Waals surface area contributed by atoms with Crippen LogP contribution in [0, 0.1) is 0 Å². The zero-order valence-electron chi connectivity index (χ0n) is 16.4. The van der Waals surface area contributed by atoms with Gasteiger partial charge in [-0.05, 0) is 43.5 Å². The quantitative estimate of drug-likeness (QED) is 0.634. The lowest BCUT2D eigenvalue weighted by atomic mass is 10.2. The van der Waals surface area contributed by atoms with Crippen LogP contribution in [-0.4, -0.2) is 49.8 Å². The van der Waals surface area contributed by atoms with Crippen LogP contribution >= 0.6 is 11.6 Å². The average molecular weight is 437 g/mol. The fraction of sp³-hybridized carbons (Fsp3) is 0.381. The Morgan fingerprint density at radius 1 is 1.14 bits per heavy atom. The van der Waals surface area contributed by atoms with Crippen LogP contribution < -0.4 is 4.74 Å². The normalized spacial score (nSPS) is 14.4. The number of nitrogens with zero attached hydrogens (tertiary/aromatic N) is 2. The van der Waals surface area contributed by atoms with Crippen molar-refractivity contribution < 1.29 is 17.9 Å². The Labute approximate surface area is 177 Å². The Balaban J connectivity index is 1.90. The highest BCUT2D eigenvalue weighted by molar-refractivity contribution is 7.89. The van der Waals surface area contributed by atoms with Crippen molar-refractivity contribution in [1.29, 1.82) is 0 Å². The summed E-state index contributed by atoms with van der Waals surface area (Å²) in [6, 6.07) is 13.6. The molecule has 0 spiro atoms. The second kappa shape index (κ2) is 9.61. The molecule has 0 unspecified atom stereocenters. The largest absolute Gasteiger partial charge is 0.492 e. The first-order valence-corrected chi connectivity index (χ1v) is 11.5. The zero-order chi connectivity index (χ0) is 20.9. The molecule has 2 aromatic carbocycles. The van der Waals surface area contributed by atoms with Gasteiger partial charge in [-0.15, -0.1) is 0 Å². The van der Waals surface area contributed by atoms with E-state index in [1.165, 1.54) is 16.4 Å². The zero-order valence-corrected chi connectivity index (χ0v) is 18.0. The molecule has 6 nitrogen and oxygen atoms in total. The number of sulfonamides is 1. The smallest absolute Gasteiger partial charge is 0.243 e. The van der Waals surface area contributed by atoms with E-state index in [-0.39, 0.29) is 28.9 Å². The van der Waals surface area contributed by atoms with E-state index < -0.39 is 10.0 Å². The topological polar surface area (TPSA) is 66.9 Å². The van der Waals surface area contributed by atoms with Crippen LogP contribution in [0.5, 0.6) is 5.75 Å². The van der Waals surface area contributed by atoms with E-state index in [1.54, 1.807) is 11.0 Å². The lowest BCUT2D eigenvalue weighted by Gasteiger charge is -2.25. The third-order valence-corrected chi connectivity index (χ3v) is 6.90. The maximum absolute atomic E-state index is 13.4. The molecule has 1 saturated heterocycles. The molecule has 8 heteroatoms. The molecule has 0 N–H and O–H groups in total. The molecule has 3 rings (SSSR count). The van der Waals surface area contributed by atoms with Crippen molar-refractivity contribution in [3.8, 4) is 5.75 Å². The van der Waals surface area contributed by atoms with Crippen LogP contribution in [-0.2, 0) is 21.4 Å². The van der Waals surface area contributed by atoms with Crippen molar-refractivity contribution in [2.75, 3.05) is 26.2 Å². The van der Waals surface area contributed by atoms with E-state index in [0.29, 0.717) is 25.4 Å². The molecule has 0 aliphatic carbocycles. The Morgan fingerprint density at radius 2 is 1.83 bits per heavy atom. The maximum atomic E-state index is 13.4. The molecular formula is C21H25ClN2O4S. The van der Waals surface area contributed by atoms with E-state index in [9.17, 15) is 13.2 Å². The van der Waals surface area contributed by atoms with Gasteiger partial charge in [-0.1, -0.05) is 41.9 Å². The molecule has 0 atom stereocenters. The standard InChI is InChI=1S/C21H25ClN2O4S/c1-2-28-20-11-10-18(14-19(20)22)29(26,27)24(15-17-8-4-3-5-9-17)16-21(25)23-12-6-7-13-23/h3-5,8-11,14H,2,6-7,12-13,15-16H2,1H3. The molecule has 0 radical (unpaired) electrons. The number of rotatable bonds is 8. The first-order chi connectivity index (χ1) is 13.9. The minimum atomic E-state index is -3.93. The second-order valence-electron chi connectivity index (χ2n) is 6.87. The van der Waals surface area contributed by atoms with Gasteiger partial charge in [0.05, 0.1) is 23.1 Å². The monoisotopic (exact) mass is 436 g/mol. The first kappa shape index (κ1) is 21.6. The van der Waals surface area contributed by atoms with Gasteiger partial charge in [-0.2, -0.15) is 4.31 Å². The number of likely N-dealkylation sites (tertiary alicyclic amines) is 1. The molecule has 0 saturated carbocycles. The summed E-state index contributed by atoms with van der Waals surface area (Å²) in [5.74, 6) is 0.245. The van der Waals surface area contributed by atoms with Gasteiger partial charge in [0, 0.05) is 19.6 Å². The summed E-state index contributed by atoms with van der Waals surface area (Å²) in [5, 5.41) is 0.221. The lowest BCUT2D eigenvalue weighted by Crippen LogP contribution is -2.41. The van der Waals surface area contributed by atoms with Crippen LogP contribution in [0.1, 0.15) is 25.3 Å². The molecule has 0 bridgehead atoms. The number of ether oxygens (including phenoxy) is 1. The minimum Gasteiger partial charge on any atom is -0.492 e. The van der Waals surface area contributed by atoms with Crippen molar-refractivity contribution in [3.63, 3.8) is 0 Å². The summed E-state index contributed by atoms with van der Waals surface area (Å²) in [4.78, 5) is 14.5. The summed E-state index contributed by atoms with van der Waals surface area (Å²) in [5.41, 5.74) is 0.808. The fourth-order valence-corrected chi connectivity index (χ4v) is 5.00. The third kappa shape index (κ3) is 5.29. The molecular weight excluding hydrogens is 412 g/mol. The SMILES string of the molecule is CCOc1ccc(S(=O)(=O)N(CC(=O)N2CCCC2)Cc2ccccc2)cc1Cl. The Bertz CT molecular complexity index is 944. The number of carbonyl (C=O) groups excluding carboxylic acids is 1. The number of hydrogen-bond donors (Lipinski definition) is 0. The van der Waals surface area contributed by atoms with E-state index in [1.807, 2.05) is 37.3 Å². The Hall–Kier alpha value is -2.09. The van der Waals surface area contributed by atoms with Crippen LogP contribution in [0.2, 0.25) is 5.02 Å². The lowest BCUT2D eigenvalue weighted by molar-refractivity contribution is -0.130. The van der Waals surface area contributed by atoms with Crippen molar-refractivity contribution >= 4 is 27.5 Å². The molecule has 29 heavy (non-hydrogen) atoms. The van der Waals surface area contributed by atoms with Crippen LogP contribution in [0.15, 0.2) is 53.4 Å². The molecule has 1 fully saturated rings. The van der Waals surface area contributed by atoms with E-state index in [0.717, 1.165) is 18.4 Å². The number of hydrogen-bond acceptors (Lipinski definition) is 4. The van der Waals surface area contributed by atoms with Crippen LogP contribution in [0.4, 0.5) is 0 Å². The fourth-order valence-electron chi connectivity index (χ4n) is 3.29. The Morgan fingerprint density at radius 3 is 2.45 bits per heavy atom. The summed E-state index contributed by atoms with van der Waals surface area (Å²) < 4.78 is 33.3. The van der Waals surface area contributed by atoms with E-state index in [2.05, 4.69) is 0 Å². The van der Waals surface area contributed by atoms with Gasteiger partial charge >= 0.3 is 0 Å². The minimum absolute atomic E-state index is 0.0381. The number of carbonyl (C=O) groups is 1. The van der Waals surface area contributed by atoms with Crippen molar-refractivity contribution in [2.24, 2.45) is 0 Å². The van der Waals surface area contributed by atoms with E-state index >= 15 is 0 Å². The van der Waals surface area contributed by atoms with Crippen molar-refractivity contribution in [3.05, 3.63) is 59.1 Å². The van der Waals surface area contributed by atoms with Gasteiger partial charge in [0.15, 0.2) is 0 Å². The van der Waals surface area contributed by atoms with Gasteiger partial charge in [0.2, 0.25) is 15.9 Å². The summed E-state index contributed by atoms with van der Waals surface area (Å²) >= 11 is 6.21. The van der Waals surface area contributed by atoms with Crippen molar-refractivity contribution in [2.45, 2.75) is 31.2 Å². The maximum Gasteiger partial charge on any atom is 0.243 e. The Kier molecular flexibility index (Phi) is 7.16. The molecule has 156 valence electrons. The average Bonchev–Trinajstić information content (AvgIpc) is 3.25. The van der Waals surface area contributed by atoms with Gasteiger partial charge < -0.3 is 9.64 Å². The highest BCUT2D eigenvalue weighted by Crippen LogP contribution is 2.29. The number of halogens is 1. The summed E-state index contributed by atoms with van der Waals surface area (Å²) in [7, 11) is -3.93.